The van der Waals surface area contributed by atoms with Crippen molar-refractivity contribution >= 4 is 17.4 Å². The molecule has 0 spiro atoms. The minimum Gasteiger partial charge on any atom is -0.508 e. The summed E-state index contributed by atoms with van der Waals surface area (Å²) in [7, 11) is 0. The Morgan fingerprint density at radius 3 is 2.58 bits per heavy atom. The number of aromatic hydroxyl groups is 1. The molecule has 1 atom stereocenters. The van der Waals surface area contributed by atoms with Crippen molar-refractivity contribution in [3.63, 3.8) is 0 Å². The van der Waals surface area contributed by atoms with Crippen LogP contribution in [-0.2, 0) is 0 Å². The van der Waals surface area contributed by atoms with Crippen molar-refractivity contribution in [2.45, 2.75) is 26.3 Å². The van der Waals surface area contributed by atoms with Gasteiger partial charge in [-0.1, -0.05) is 30.7 Å². The van der Waals surface area contributed by atoms with Gasteiger partial charge in [-0.3, -0.25) is 0 Å². The number of nitrogens with zero attached hydrogens (tertiary/aromatic N) is 2. The Morgan fingerprint density at radius 1 is 1.26 bits per heavy atom. The summed E-state index contributed by atoms with van der Waals surface area (Å²) in [4.78, 5) is 8.21. The van der Waals surface area contributed by atoms with Gasteiger partial charge in [0.1, 0.15) is 22.9 Å². The predicted octanol–water partition coefficient (Wildman–Crippen LogP) is 3.71. The number of rotatable bonds is 4. The highest BCUT2D eigenvalue weighted by Gasteiger charge is 2.13. The summed E-state index contributed by atoms with van der Waals surface area (Å²) in [6, 6.07) is 7.21. The molecule has 0 radical (unpaired) electrons. The van der Waals surface area contributed by atoms with E-state index < -0.39 is 0 Å². The Bertz CT molecular complexity index is 557. The van der Waals surface area contributed by atoms with Crippen molar-refractivity contribution in [2.75, 3.05) is 5.32 Å². The van der Waals surface area contributed by atoms with E-state index in [2.05, 4.69) is 22.2 Å². The maximum absolute atomic E-state index is 9.32. The molecule has 2 aromatic rings. The molecule has 0 bridgehead atoms. The van der Waals surface area contributed by atoms with Gasteiger partial charge in [-0.2, -0.15) is 0 Å². The number of hydrogen-bond donors (Lipinski definition) is 2. The molecule has 0 aliphatic heterocycles. The van der Waals surface area contributed by atoms with Crippen LogP contribution < -0.4 is 5.32 Å². The molecule has 0 aliphatic rings. The van der Waals surface area contributed by atoms with Gasteiger partial charge in [0.15, 0.2) is 0 Å². The van der Waals surface area contributed by atoms with Gasteiger partial charge >= 0.3 is 0 Å². The Morgan fingerprint density at radius 2 is 1.95 bits per heavy atom. The Hall–Kier alpha value is -1.81. The molecule has 2 rings (SSSR count). The lowest BCUT2D eigenvalue weighted by Crippen LogP contribution is -2.11. The number of nitrogens with one attached hydrogen (secondary N) is 1. The molecule has 100 valence electrons. The lowest BCUT2D eigenvalue weighted by molar-refractivity contribution is 0.475. The monoisotopic (exact) mass is 277 g/mol. The molecule has 2 N–H and O–H groups in total. The van der Waals surface area contributed by atoms with Gasteiger partial charge in [-0.15, -0.1) is 0 Å². The third-order valence-corrected chi connectivity index (χ3v) is 3.43. The first-order chi connectivity index (χ1) is 9.11. The van der Waals surface area contributed by atoms with E-state index in [1.54, 1.807) is 12.1 Å². The summed E-state index contributed by atoms with van der Waals surface area (Å²) in [5.74, 6) is 0.892. The summed E-state index contributed by atoms with van der Waals surface area (Å²) in [6.07, 6.45) is 2.37. The maximum Gasteiger partial charge on any atom is 0.148 e. The van der Waals surface area contributed by atoms with Crippen molar-refractivity contribution < 1.29 is 5.11 Å². The van der Waals surface area contributed by atoms with Crippen LogP contribution in [0, 0.1) is 6.92 Å². The van der Waals surface area contributed by atoms with E-state index in [4.69, 9.17) is 11.6 Å². The lowest BCUT2D eigenvalue weighted by atomic mass is 10.0. The number of anilines is 1. The highest BCUT2D eigenvalue weighted by Crippen LogP contribution is 2.27. The lowest BCUT2D eigenvalue weighted by Gasteiger charge is -2.19. The Kier molecular flexibility index (Phi) is 4.22. The standard InChI is InChI=1S/C14H16ClN3O/c1-3-12(10-4-6-11(19)7-5-10)18-14-13(15)9(2)16-8-17-14/h4-8,12,19H,3H2,1-2H3,(H,16,17,18). The molecular formula is C14H16ClN3O. The normalized spacial score (nSPS) is 12.2. The van der Waals surface area contributed by atoms with Crippen LogP contribution in [-0.4, -0.2) is 15.1 Å². The molecule has 1 unspecified atom stereocenters. The Labute approximate surface area is 117 Å². The fourth-order valence-electron chi connectivity index (χ4n) is 1.85. The van der Waals surface area contributed by atoms with Gasteiger partial charge in [0, 0.05) is 0 Å². The summed E-state index contributed by atoms with van der Waals surface area (Å²) in [5, 5.41) is 13.2. The molecule has 0 saturated carbocycles. The van der Waals surface area contributed by atoms with Gasteiger partial charge in [-0.05, 0) is 31.0 Å². The molecule has 0 saturated heterocycles. The van der Waals surface area contributed by atoms with E-state index in [9.17, 15) is 5.11 Å². The van der Waals surface area contributed by atoms with Gasteiger partial charge in [-0.25, -0.2) is 9.97 Å². The van der Waals surface area contributed by atoms with E-state index in [0.717, 1.165) is 17.7 Å². The topological polar surface area (TPSA) is 58.0 Å². The zero-order valence-corrected chi connectivity index (χ0v) is 11.6. The summed E-state index contributed by atoms with van der Waals surface area (Å²) >= 11 is 6.18. The average molecular weight is 278 g/mol. The molecule has 0 fully saturated rings. The first kappa shape index (κ1) is 13.6. The Balaban J connectivity index is 2.24. The van der Waals surface area contributed by atoms with E-state index in [-0.39, 0.29) is 11.8 Å². The SMILES string of the molecule is CCC(Nc1ncnc(C)c1Cl)c1ccc(O)cc1. The van der Waals surface area contributed by atoms with Crippen LogP contribution in [0.15, 0.2) is 30.6 Å². The molecule has 19 heavy (non-hydrogen) atoms. The molecule has 1 aromatic carbocycles. The quantitative estimate of drug-likeness (QED) is 0.894. The van der Waals surface area contributed by atoms with Crippen molar-refractivity contribution in [2.24, 2.45) is 0 Å². The minimum atomic E-state index is 0.0902. The third-order valence-electron chi connectivity index (χ3n) is 2.98. The summed E-state index contributed by atoms with van der Waals surface area (Å²) in [6.45, 7) is 3.92. The molecule has 0 aliphatic carbocycles. The van der Waals surface area contributed by atoms with E-state index in [1.807, 2.05) is 19.1 Å². The number of phenols is 1. The molecule has 1 aromatic heterocycles. The second-order valence-electron chi connectivity index (χ2n) is 4.32. The average Bonchev–Trinajstić information content (AvgIpc) is 2.42. The highest BCUT2D eigenvalue weighted by atomic mass is 35.5. The van der Waals surface area contributed by atoms with Crippen molar-refractivity contribution in [3.8, 4) is 5.75 Å². The largest absolute Gasteiger partial charge is 0.508 e. The van der Waals surface area contributed by atoms with Crippen LogP contribution in [0.25, 0.3) is 0 Å². The van der Waals surface area contributed by atoms with Crippen molar-refractivity contribution in [3.05, 3.63) is 46.9 Å². The molecule has 0 amide bonds. The van der Waals surface area contributed by atoms with Crippen molar-refractivity contribution in [1.82, 2.24) is 9.97 Å². The number of aromatic nitrogens is 2. The number of halogens is 1. The number of phenolic OH excluding ortho intramolecular Hbond substituents is 1. The first-order valence-electron chi connectivity index (χ1n) is 6.14. The fourth-order valence-corrected chi connectivity index (χ4v) is 2.00. The maximum atomic E-state index is 9.32. The molecule has 1 heterocycles. The van der Waals surface area contributed by atoms with Gasteiger partial charge in [0.25, 0.3) is 0 Å². The second kappa shape index (κ2) is 5.89. The van der Waals surface area contributed by atoms with E-state index in [1.165, 1.54) is 6.33 Å². The van der Waals surface area contributed by atoms with Gasteiger partial charge < -0.3 is 10.4 Å². The first-order valence-corrected chi connectivity index (χ1v) is 6.52. The third kappa shape index (κ3) is 3.15. The van der Waals surface area contributed by atoms with Crippen LogP contribution in [0.3, 0.4) is 0 Å². The molecule has 4 nitrogen and oxygen atoms in total. The van der Waals surface area contributed by atoms with Gasteiger partial charge in [0.2, 0.25) is 0 Å². The smallest absolute Gasteiger partial charge is 0.148 e. The molecule has 5 heteroatoms. The van der Waals surface area contributed by atoms with E-state index in [0.29, 0.717) is 10.8 Å². The molecular weight excluding hydrogens is 262 g/mol. The number of hydrogen-bond acceptors (Lipinski definition) is 4. The van der Waals surface area contributed by atoms with Crippen LogP contribution in [0.2, 0.25) is 5.02 Å². The highest BCUT2D eigenvalue weighted by molar-refractivity contribution is 6.33. The van der Waals surface area contributed by atoms with Crippen molar-refractivity contribution in [1.29, 1.82) is 0 Å². The number of aryl methyl sites for hydroxylation is 1. The zero-order valence-electron chi connectivity index (χ0n) is 10.9. The second-order valence-corrected chi connectivity index (χ2v) is 4.70. The van der Waals surface area contributed by atoms with E-state index >= 15 is 0 Å². The summed E-state index contributed by atoms with van der Waals surface area (Å²) < 4.78 is 0. The van der Waals surface area contributed by atoms with Gasteiger partial charge in [0.05, 0.1) is 11.7 Å². The van der Waals surface area contributed by atoms with Crippen LogP contribution in [0.1, 0.15) is 30.6 Å². The minimum absolute atomic E-state index is 0.0902. The number of benzene rings is 1. The predicted molar refractivity (Wildman–Crippen MR) is 76.5 cm³/mol. The van der Waals surface area contributed by atoms with Crippen LogP contribution in [0.5, 0.6) is 5.75 Å². The zero-order chi connectivity index (χ0) is 13.8. The summed E-state index contributed by atoms with van der Waals surface area (Å²) in [5.41, 5.74) is 1.83. The van der Waals surface area contributed by atoms with Crippen LogP contribution >= 0.6 is 11.6 Å². The van der Waals surface area contributed by atoms with Crippen LogP contribution in [0.4, 0.5) is 5.82 Å². The fraction of sp³-hybridized carbons (Fsp3) is 0.286.